The Morgan fingerprint density at radius 2 is 1.88 bits per heavy atom. The number of amides is 1. The first-order chi connectivity index (χ1) is 12.8. The standard InChI is InChI=1S/C21H32N2O3/c1-2-26-19-10-8-17(9-11-19)20(23-12-14-25-15-13-23)16-22-21(24)18-6-4-3-5-7-18/h8-11,18,20H,2-7,12-16H2,1H3,(H,22,24). The third kappa shape index (κ3) is 5.21. The summed E-state index contributed by atoms with van der Waals surface area (Å²) in [6, 6.07) is 8.47. The van der Waals surface area contributed by atoms with Crippen molar-refractivity contribution in [3.8, 4) is 5.75 Å². The maximum atomic E-state index is 12.6. The fourth-order valence-corrected chi connectivity index (χ4v) is 4.01. The van der Waals surface area contributed by atoms with Crippen LogP contribution < -0.4 is 10.1 Å². The summed E-state index contributed by atoms with van der Waals surface area (Å²) in [6.45, 7) is 6.63. The Labute approximate surface area is 157 Å². The second kappa shape index (κ2) is 9.93. The molecule has 3 rings (SSSR count). The van der Waals surface area contributed by atoms with E-state index in [1.807, 2.05) is 19.1 Å². The molecule has 1 heterocycles. The van der Waals surface area contributed by atoms with Gasteiger partial charge in [-0.25, -0.2) is 0 Å². The van der Waals surface area contributed by atoms with Crippen molar-refractivity contribution in [1.82, 2.24) is 10.2 Å². The van der Waals surface area contributed by atoms with Crippen molar-refractivity contribution in [2.45, 2.75) is 45.1 Å². The normalized spacial score (nSPS) is 20.5. The molecule has 1 aliphatic heterocycles. The molecule has 0 aromatic heterocycles. The Hall–Kier alpha value is -1.59. The highest BCUT2D eigenvalue weighted by molar-refractivity contribution is 5.78. The molecule has 1 aromatic carbocycles. The summed E-state index contributed by atoms with van der Waals surface area (Å²) in [6.07, 6.45) is 5.72. The Morgan fingerprint density at radius 3 is 2.54 bits per heavy atom. The van der Waals surface area contributed by atoms with E-state index in [-0.39, 0.29) is 17.9 Å². The van der Waals surface area contributed by atoms with Gasteiger partial charge < -0.3 is 14.8 Å². The molecule has 1 saturated carbocycles. The monoisotopic (exact) mass is 360 g/mol. The molecule has 5 nitrogen and oxygen atoms in total. The number of carbonyl (C=O) groups is 1. The summed E-state index contributed by atoms with van der Waals surface area (Å²) in [5.74, 6) is 1.33. The Balaban J connectivity index is 1.65. The van der Waals surface area contributed by atoms with Gasteiger partial charge in [0, 0.05) is 25.6 Å². The molecule has 1 atom stereocenters. The highest BCUT2D eigenvalue weighted by atomic mass is 16.5. The van der Waals surface area contributed by atoms with Crippen molar-refractivity contribution in [2.24, 2.45) is 5.92 Å². The minimum Gasteiger partial charge on any atom is -0.494 e. The first-order valence-electron chi connectivity index (χ1n) is 10.1. The van der Waals surface area contributed by atoms with Crippen molar-refractivity contribution in [3.63, 3.8) is 0 Å². The van der Waals surface area contributed by atoms with Gasteiger partial charge in [0.05, 0.1) is 25.9 Å². The van der Waals surface area contributed by atoms with Gasteiger partial charge >= 0.3 is 0 Å². The van der Waals surface area contributed by atoms with Crippen LogP contribution >= 0.6 is 0 Å². The van der Waals surface area contributed by atoms with Crippen molar-refractivity contribution >= 4 is 5.91 Å². The van der Waals surface area contributed by atoms with Gasteiger partial charge in [-0.3, -0.25) is 9.69 Å². The molecule has 0 spiro atoms. The maximum absolute atomic E-state index is 12.6. The molecule has 144 valence electrons. The molecular weight excluding hydrogens is 328 g/mol. The first kappa shape index (κ1) is 19.2. The third-order valence-electron chi connectivity index (χ3n) is 5.51. The largest absolute Gasteiger partial charge is 0.494 e. The molecule has 1 aromatic rings. The minimum absolute atomic E-state index is 0.183. The van der Waals surface area contributed by atoms with Crippen LogP contribution in [-0.2, 0) is 9.53 Å². The molecule has 0 bridgehead atoms. The number of rotatable bonds is 7. The van der Waals surface area contributed by atoms with Crippen LogP contribution in [0.4, 0.5) is 0 Å². The molecular formula is C21H32N2O3. The van der Waals surface area contributed by atoms with Gasteiger partial charge in [-0.2, -0.15) is 0 Å². The second-order valence-electron chi connectivity index (χ2n) is 7.25. The van der Waals surface area contributed by atoms with Crippen LogP contribution in [0.5, 0.6) is 5.75 Å². The molecule has 1 amide bonds. The van der Waals surface area contributed by atoms with E-state index in [4.69, 9.17) is 9.47 Å². The van der Waals surface area contributed by atoms with E-state index in [2.05, 4.69) is 22.3 Å². The average molecular weight is 360 g/mol. The van der Waals surface area contributed by atoms with Crippen LogP contribution in [0.15, 0.2) is 24.3 Å². The number of ether oxygens (including phenoxy) is 2. The number of hydrogen-bond acceptors (Lipinski definition) is 4. The smallest absolute Gasteiger partial charge is 0.223 e. The Morgan fingerprint density at radius 1 is 1.19 bits per heavy atom. The highest BCUT2D eigenvalue weighted by Crippen LogP contribution is 2.26. The van der Waals surface area contributed by atoms with Crippen molar-refractivity contribution in [1.29, 1.82) is 0 Å². The number of nitrogens with one attached hydrogen (secondary N) is 1. The van der Waals surface area contributed by atoms with E-state index in [0.717, 1.165) is 44.9 Å². The maximum Gasteiger partial charge on any atom is 0.223 e. The van der Waals surface area contributed by atoms with Crippen molar-refractivity contribution in [3.05, 3.63) is 29.8 Å². The summed E-state index contributed by atoms with van der Waals surface area (Å²) in [7, 11) is 0. The van der Waals surface area contributed by atoms with E-state index >= 15 is 0 Å². The summed E-state index contributed by atoms with van der Waals surface area (Å²) in [5.41, 5.74) is 1.22. The van der Waals surface area contributed by atoms with Crippen LogP contribution in [0, 0.1) is 5.92 Å². The summed E-state index contributed by atoms with van der Waals surface area (Å²) in [4.78, 5) is 15.0. The highest BCUT2D eigenvalue weighted by Gasteiger charge is 2.26. The molecule has 2 aliphatic rings. The number of benzene rings is 1. The average Bonchev–Trinajstić information content (AvgIpc) is 2.71. The zero-order valence-corrected chi connectivity index (χ0v) is 15.9. The molecule has 1 aliphatic carbocycles. The van der Waals surface area contributed by atoms with Gasteiger partial charge in [0.25, 0.3) is 0 Å². The van der Waals surface area contributed by atoms with E-state index in [1.54, 1.807) is 0 Å². The van der Waals surface area contributed by atoms with Gasteiger partial charge in [-0.1, -0.05) is 31.4 Å². The number of nitrogens with zero attached hydrogens (tertiary/aromatic N) is 1. The SMILES string of the molecule is CCOc1ccc(C(CNC(=O)C2CCCCC2)N2CCOCC2)cc1. The van der Waals surface area contributed by atoms with Crippen molar-refractivity contribution < 1.29 is 14.3 Å². The molecule has 26 heavy (non-hydrogen) atoms. The molecule has 1 unspecified atom stereocenters. The third-order valence-corrected chi connectivity index (χ3v) is 5.51. The lowest BCUT2D eigenvalue weighted by molar-refractivity contribution is -0.126. The Kier molecular flexibility index (Phi) is 7.32. The van der Waals surface area contributed by atoms with Crippen LogP contribution in [0.3, 0.4) is 0 Å². The summed E-state index contributed by atoms with van der Waals surface area (Å²) >= 11 is 0. The van der Waals surface area contributed by atoms with Crippen LogP contribution in [0.25, 0.3) is 0 Å². The lowest BCUT2D eigenvalue weighted by Crippen LogP contribution is -2.44. The number of carbonyl (C=O) groups excluding carboxylic acids is 1. The van der Waals surface area contributed by atoms with Crippen LogP contribution in [-0.4, -0.2) is 50.3 Å². The van der Waals surface area contributed by atoms with E-state index in [1.165, 1.54) is 24.8 Å². The molecule has 1 N–H and O–H groups in total. The van der Waals surface area contributed by atoms with Crippen molar-refractivity contribution in [2.75, 3.05) is 39.5 Å². The lowest BCUT2D eigenvalue weighted by atomic mass is 9.88. The van der Waals surface area contributed by atoms with Gasteiger partial charge in [-0.15, -0.1) is 0 Å². The quantitative estimate of drug-likeness (QED) is 0.811. The summed E-state index contributed by atoms with van der Waals surface area (Å²) < 4.78 is 11.1. The Bertz CT molecular complexity index is 549. The van der Waals surface area contributed by atoms with Crippen LogP contribution in [0.1, 0.15) is 50.6 Å². The van der Waals surface area contributed by atoms with Gasteiger partial charge in [0.1, 0.15) is 5.75 Å². The summed E-state index contributed by atoms with van der Waals surface area (Å²) in [5, 5.41) is 3.24. The van der Waals surface area contributed by atoms with E-state index in [0.29, 0.717) is 13.2 Å². The lowest BCUT2D eigenvalue weighted by Gasteiger charge is -2.35. The molecule has 1 saturated heterocycles. The van der Waals surface area contributed by atoms with E-state index < -0.39 is 0 Å². The van der Waals surface area contributed by atoms with E-state index in [9.17, 15) is 4.79 Å². The zero-order chi connectivity index (χ0) is 18.2. The second-order valence-corrected chi connectivity index (χ2v) is 7.25. The zero-order valence-electron chi connectivity index (χ0n) is 15.9. The number of hydrogen-bond donors (Lipinski definition) is 1. The van der Waals surface area contributed by atoms with Gasteiger partial charge in [-0.05, 0) is 37.5 Å². The van der Waals surface area contributed by atoms with Crippen LogP contribution in [0.2, 0.25) is 0 Å². The molecule has 2 fully saturated rings. The fourth-order valence-electron chi connectivity index (χ4n) is 4.01. The minimum atomic E-state index is 0.183. The predicted octanol–water partition coefficient (Wildman–Crippen LogP) is 3.16. The fraction of sp³-hybridized carbons (Fsp3) is 0.667. The molecule has 0 radical (unpaired) electrons. The van der Waals surface area contributed by atoms with Gasteiger partial charge in [0.15, 0.2) is 0 Å². The first-order valence-corrected chi connectivity index (χ1v) is 10.1. The topological polar surface area (TPSA) is 50.8 Å². The molecule has 5 heteroatoms. The predicted molar refractivity (Wildman–Crippen MR) is 102 cm³/mol. The number of morpholine rings is 1. The van der Waals surface area contributed by atoms with Gasteiger partial charge in [0.2, 0.25) is 5.91 Å².